The Balaban J connectivity index is 1.64. The fourth-order valence-corrected chi connectivity index (χ4v) is 3.87. The van der Waals surface area contributed by atoms with Gasteiger partial charge in [0.2, 0.25) is 0 Å². The zero-order valence-corrected chi connectivity index (χ0v) is 21.0. The van der Waals surface area contributed by atoms with Crippen molar-refractivity contribution < 1.29 is 23.1 Å². The number of rotatable bonds is 5. The molecule has 0 unspecified atom stereocenters. The Kier molecular flexibility index (Phi) is 7.57. The molecule has 0 saturated heterocycles. The smallest absolute Gasteiger partial charge is 0.396 e. The number of fused-ring (bicyclic) bond motifs is 1. The van der Waals surface area contributed by atoms with Crippen LogP contribution in [0.2, 0.25) is 5.02 Å². The molecule has 0 saturated carbocycles. The average molecular weight is 543 g/mol. The molecule has 0 fully saturated rings. The van der Waals surface area contributed by atoms with Gasteiger partial charge in [-0.3, -0.25) is 4.79 Å². The van der Waals surface area contributed by atoms with E-state index in [1.807, 2.05) is 13.8 Å². The summed E-state index contributed by atoms with van der Waals surface area (Å²) in [4.78, 5) is 20.9. The van der Waals surface area contributed by atoms with Crippen molar-refractivity contribution >= 4 is 40.0 Å². The molecular formula is C26H22ClF3N6O2. The number of amides is 1. The molecule has 0 spiro atoms. The van der Waals surface area contributed by atoms with Crippen LogP contribution in [0.25, 0.3) is 11.0 Å². The molecule has 196 valence electrons. The molecule has 4 N–H and O–H groups in total. The van der Waals surface area contributed by atoms with Crippen molar-refractivity contribution in [2.45, 2.75) is 26.6 Å². The van der Waals surface area contributed by atoms with Gasteiger partial charge in [0.1, 0.15) is 17.8 Å². The maximum absolute atomic E-state index is 13.2. The number of alkyl halides is 3. The van der Waals surface area contributed by atoms with Crippen molar-refractivity contribution in [2.75, 3.05) is 17.7 Å². The number of aliphatic hydroxyl groups is 1. The third-order valence-electron chi connectivity index (χ3n) is 5.70. The Bertz CT molecular complexity index is 1590. The highest BCUT2D eigenvalue weighted by molar-refractivity contribution is 6.31. The van der Waals surface area contributed by atoms with Gasteiger partial charge >= 0.3 is 6.18 Å². The van der Waals surface area contributed by atoms with Crippen molar-refractivity contribution in [3.05, 3.63) is 75.7 Å². The number of nitrogens with one attached hydrogen (secondary N) is 1. The van der Waals surface area contributed by atoms with Gasteiger partial charge in [0, 0.05) is 30.0 Å². The van der Waals surface area contributed by atoms with Crippen LogP contribution in [0, 0.1) is 24.7 Å². The summed E-state index contributed by atoms with van der Waals surface area (Å²) in [5.74, 6) is 5.40. The molecule has 8 nitrogen and oxygen atoms in total. The van der Waals surface area contributed by atoms with Gasteiger partial charge in [-0.1, -0.05) is 30.5 Å². The molecule has 1 atom stereocenters. The molecule has 12 heteroatoms. The van der Waals surface area contributed by atoms with E-state index in [9.17, 15) is 23.1 Å². The first-order valence-corrected chi connectivity index (χ1v) is 11.7. The van der Waals surface area contributed by atoms with Gasteiger partial charge in [0.25, 0.3) is 5.91 Å². The molecular weight excluding hydrogens is 521 g/mol. The zero-order valence-electron chi connectivity index (χ0n) is 20.3. The average Bonchev–Trinajstić information content (AvgIpc) is 3.22. The summed E-state index contributed by atoms with van der Waals surface area (Å²) in [6, 6.07) is 7.90. The largest absolute Gasteiger partial charge is 0.417 e. The van der Waals surface area contributed by atoms with Gasteiger partial charge in [-0.2, -0.15) is 18.3 Å². The lowest BCUT2D eigenvalue weighted by molar-refractivity contribution is -0.137. The number of carbonyl (C=O) groups excluding carboxylic acids is 1. The van der Waals surface area contributed by atoms with Crippen LogP contribution in [-0.2, 0) is 12.7 Å². The predicted molar refractivity (Wildman–Crippen MR) is 138 cm³/mol. The van der Waals surface area contributed by atoms with Gasteiger partial charge in [0.15, 0.2) is 5.65 Å². The predicted octanol–water partition coefficient (Wildman–Crippen LogP) is 4.67. The Morgan fingerprint density at radius 3 is 2.68 bits per heavy atom. The Hall–Kier alpha value is -4.14. The van der Waals surface area contributed by atoms with Crippen molar-refractivity contribution in [2.24, 2.45) is 5.92 Å². The monoisotopic (exact) mass is 542 g/mol. The maximum Gasteiger partial charge on any atom is 0.417 e. The minimum atomic E-state index is -4.69. The summed E-state index contributed by atoms with van der Waals surface area (Å²) in [5.41, 5.74) is 7.29. The highest BCUT2D eigenvalue weighted by Gasteiger charge is 2.33. The second-order valence-corrected chi connectivity index (χ2v) is 9.11. The highest BCUT2D eigenvalue weighted by atomic mass is 35.5. The van der Waals surface area contributed by atoms with E-state index in [2.05, 4.69) is 32.2 Å². The van der Waals surface area contributed by atoms with Gasteiger partial charge < -0.3 is 16.2 Å². The third kappa shape index (κ3) is 5.72. The summed E-state index contributed by atoms with van der Waals surface area (Å²) in [6.45, 7) is 4.04. The lowest BCUT2D eigenvalue weighted by Crippen LogP contribution is -2.14. The molecule has 0 aliphatic heterocycles. The van der Waals surface area contributed by atoms with E-state index in [-0.39, 0.29) is 23.9 Å². The van der Waals surface area contributed by atoms with Gasteiger partial charge in [-0.15, -0.1) is 0 Å². The van der Waals surface area contributed by atoms with E-state index in [0.717, 1.165) is 11.6 Å². The number of nitrogens with zero attached hydrogens (tertiary/aromatic N) is 4. The van der Waals surface area contributed by atoms with Crippen LogP contribution >= 0.6 is 11.6 Å². The number of halogens is 4. The van der Waals surface area contributed by atoms with Crippen LogP contribution in [-0.4, -0.2) is 37.4 Å². The first kappa shape index (κ1) is 26.9. The molecule has 4 aromatic rings. The highest BCUT2D eigenvalue weighted by Crippen LogP contribution is 2.35. The Labute approximate surface area is 220 Å². The number of aliphatic hydroxyl groups excluding tert-OH is 1. The molecule has 0 aliphatic rings. The molecule has 0 radical (unpaired) electrons. The summed E-state index contributed by atoms with van der Waals surface area (Å²) in [6.07, 6.45) is -3.37. The molecule has 2 aromatic carbocycles. The normalized spacial score (nSPS) is 12.2. The molecule has 0 bridgehead atoms. The lowest BCUT2D eigenvalue weighted by Gasteiger charge is -2.11. The van der Waals surface area contributed by atoms with E-state index < -0.39 is 22.7 Å². The van der Waals surface area contributed by atoms with Crippen molar-refractivity contribution in [3.8, 4) is 11.8 Å². The lowest BCUT2D eigenvalue weighted by atomic mass is 10.1. The number of aryl methyl sites for hydroxylation is 1. The maximum atomic E-state index is 13.2. The topological polar surface area (TPSA) is 119 Å². The summed E-state index contributed by atoms with van der Waals surface area (Å²) in [7, 11) is 0. The molecule has 1 amide bonds. The van der Waals surface area contributed by atoms with Crippen LogP contribution in [0.4, 0.5) is 24.7 Å². The van der Waals surface area contributed by atoms with Gasteiger partial charge in [-0.25, -0.2) is 14.6 Å². The Morgan fingerprint density at radius 2 is 1.97 bits per heavy atom. The van der Waals surface area contributed by atoms with Crippen molar-refractivity contribution in [1.82, 2.24) is 19.7 Å². The SMILES string of the molecule is Cc1ccc(NC(=O)c2ccc(Cl)c(C(F)(F)F)c2)cc1C#Cc1nn(C[C@@H](C)CO)c2ncnc(N)c12. The molecule has 2 aromatic heterocycles. The molecule has 0 aliphatic carbocycles. The zero-order chi connectivity index (χ0) is 27.6. The van der Waals surface area contributed by atoms with Crippen LogP contribution < -0.4 is 11.1 Å². The minimum absolute atomic E-state index is 0.0336. The minimum Gasteiger partial charge on any atom is -0.396 e. The van der Waals surface area contributed by atoms with Crippen molar-refractivity contribution in [1.29, 1.82) is 0 Å². The van der Waals surface area contributed by atoms with Gasteiger partial charge in [-0.05, 0) is 54.7 Å². The number of anilines is 2. The fraction of sp³-hybridized carbons (Fsp3) is 0.231. The first-order valence-electron chi connectivity index (χ1n) is 11.4. The quantitative estimate of drug-likeness (QED) is 0.315. The summed E-state index contributed by atoms with van der Waals surface area (Å²) < 4.78 is 41.2. The van der Waals surface area contributed by atoms with E-state index >= 15 is 0 Å². The van der Waals surface area contributed by atoms with E-state index in [1.165, 1.54) is 12.4 Å². The number of hydrogen-bond donors (Lipinski definition) is 3. The number of carbonyl (C=O) groups is 1. The van der Waals surface area contributed by atoms with E-state index in [0.29, 0.717) is 40.6 Å². The van der Waals surface area contributed by atoms with Crippen LogP contribution in [0.1, 0.15) is 39.7 Å². The summed E-state index contributed by atoms with van der Waals surface area (Å²) >= 11 is 5.65. The van der Waals surface area contributed by atoms with Crippen LogP contribution in [0.5, 0.6) is 0 Å². The number of nitrogen functional groups attached to an aromatic ring is 1. The van der Waals surface area contributed by atoms with E-state index in [1.54, 1.807) is 22.9 Å². The molecule has 2 heterocycles. The van der Waals surface area contributed by atoms with Gasteiger partial charge in [0.05, 0.1) is 16.0 Å². The van der Waals surface area contributed by atoms with Crippen LogP contribution in [0.3, 0.4) is 0 Å². The number of benzene rings is 2. The fourth-order valence-electron chi connectivity index (χ4n) is 3.65. The number of aromatic nitrogens is 4. The Morgan fingerprint density at radius 1 is 1.21 bits per heavy atom. The molecule has 38 heavy (non-hydrogen) atoms. The number of nitrogens with two attached hydrogens (primary N) is 1. The third-order valence-corrected chi connectivity index (χ3v) is 6.03. The van der Waals surface area contributed by atoms with E-state index in [4.69, 9.17) is 17.3 Å². The standard InChI is InChI=1S/C26H22ClF3N6O2/c1-14(12-37)11-36-24-22(23(31)32-13-33-24)21(35-36)8-5-16-9-18(6-3-15(16)2)34-25(38)17-4-7-20(27)19(10-17)26(28,29)30/h3-4,6-7,9-10,13-14,37H,11-12H2,1-2H3,(H,34,38)(H2,31,32,33)/t14-/m1/s1. The van der Waals surface area contributed by atoms with Crippen molar-refractivity contribution in [3.63, 3.8) is 0 Å². The second kappa shape index (κ2) is 10.7. The first-order chi connectivity index (χ1) is 18.0. The number of hydrogen-bond acceptors (Lipinski definition) is 6. The molecule has 4 rings (SSSR count). The van der Waals surface area contributed by atoms with Crippen LogP contribution in [0.15, 0.2) is 42.7 Å². The second-order valence-electron chi connectivity index (χ2n) is 8.70. The summed E-state index contributed by atoms with van der Waals surface area (Å²) in [5, 5.41) is 16.5.